The highest BCUT2D eigenvalue weighted by Crippen LogP contribution is 2.40. The second-order valence-corrected chi connectivity index (χ2v) is 8.25. The van der Waals surface area contributed by atoms with Crippen LogP contribution in [0.4, 0.5) is 5.69 Å². The van der Waals surface area contributed by atoms with Crippen molar-refractivity contribution in [3.63, 3.8) is 0 Å². The van der Waals surface area contributed by atoms with Gasteiger partial charge in [0.1, 0.15) is 11.6 Å². The highest BCUT2D eigenvalue weighted by Gasteiger charge is 2.29. The van der Waals surface area contributed by atoms with Gasteiger partial charge < -0.3 is 14.6 Å². The minimum absolute atomic E-state index is 0.140. The molecule has 2 aliphatic rings. The summed E-state index contributed by atoms with van der Waals surface area (Å²) in [5.74, 6) is 1.49. The van der Waals surface area contributed by atoms with Crippen LogP contribution in [0, 0.1) is 0 Å². The van der Waals surface area contributed by atoms with Crippen LogP contribution in [0.1, 0.15) is 42.0 Å². The molecule has 5 nitrogen and oxygen atoms in total. The molecule has 0 radical (unpaired) electrons. The predicted octanol–water partition coefficient (Wildman–Crippen LogP) is 4.15. The van der Waals surface area contributed by atoms with E-state index < -0.39 is 0 Å². The Bertz CT molecular complexity index is 973. The summed E-state index contributed by atoms with van der Waals surface area (Å²) < 4.78 is 5.81. The lowest BCUT2D eigenvalue weighted by atomic mass is 10.1. The zero-order valence-corrected chi connectivity index (χ0v) is 15.5. The molecule has 134 valence electrons. The number of nitrogens with one attached hydrogen (secondary N) is 1. The molecule has 1 aliphatic heterocycles. The van der Waals surface area contributed by atoms with E-state index in [1.807, 2.05) is 30.0 Å². The molecular formula is C20H21N3O2S. The van der Waals surface area contributed by atoms with E-state index in [0.717, 1.165) is 42.2 Å². The van der Waals surface area contributed by atoms with E-state index in [1.165, 1.54) is 23.3 Å². The Morgan fingerprint density at radius 3 is 3.12 bits per heavy atom. The molecule has 26 heavy (non-hydrogen) atoms. The van der Waals surface area contributed by atoms with Crippen LogP contribution in [0.5, 0.6) is 0 Å². The van der Waals surface area contributed by atoms with Crippen molar-refractivity contribution in [2.75, 3.05) is 11.9 Å². The van der Waals surface area contributed by atoms with Gasteiger partial charge >= 0.3 is 0 Å². The summed E-state index contributed by atoms with van der Waals surface area (Å²) in [4.78, 5) is 20.8. The van der Waals surface area contributed by atoms with Crippen molar-refractivity contribution in [3.05, 3.63) is 46.0 Å². The van der Waals surface area contributed by atoms with E-state index in [2.05, 4.69) is 21.7 Å². The van der Waals surface area contributed by atoms with Crippen LogP contribution in [0.2, 0.25) is 0 Å². The molecule has 3 aromatic rings. The standard InChI is InChI=1S/C20H21N3O2S/c1-12(20(24)23-8-6-18-14(11-23)7-9-26-18)21-15-4-5-17-16(10-15)22-19(25-17)13-2-3-13/h4-5,7,9-10,12-13,21H,2-3,6,8,11H2,1H3. The maximum Gasteiger partial charge on any atom is 0.245 e. The summed E-state index contributed by atoms with van der Waals surface area (Å²) in [6.45, 7) is 3.44. The molecule has 1 saturated carbocycles. The van der Waals surface area contributed by atoms with Crippen LogP contribution in [-0.4, -0.2) is 28.4 Å². The molecule has 6 heteroatoms. The maximum absolute atomic E-state index is 12.8. The first-order valence-corrected chi connectivity index (χ1v) is 10.1. The summed E-state index contributed by atoms with van der Waals surface area (Å²) in [6, 6.07) is 7.73. The molecule has 0 saturated heterocycles. The zero-order valence-electron chi connectivity index (χ0n) is 14.7. The summed E-state index contributed by atoms with van der Waals surface area (Å²) in [6.07, 6.45) is 3.30. The summed E-state index contributed by atoms with van der Waals surface area (Å²) in [7, 11) is 0. The number of hydrogen-bond acceptors (Lipinski definition) is 5. The van der Waals surface area contributed by atoms with Crippen LogP contribution < -0.4 is 5.32 Å². The van der Waals surface area contributed by atoms with E-state index in [4.69, 9.17) is 4.42 Å². The van der Waals surface area contributed by atoms with Gasteiger partial charge in [-0.05, 0) is 61.4 Å². The highest BCUT2D eigenvalue weighted by atomic mass is 32.1. The molecule has 0 bridgehead atoms. The van der Waals surface area contributed by atoms with E-state index in [9.17, 15) is 4.79 Å². The number of oxazole rings is 1. The van der Waals surface area contributed by atoms with Gasteiger partial charge in [-0.25, -0.2) is 4.98 Å². The molecule has 0 spiro atoms. The number of hydrogen-bond donors (Lipinski definition) is 1. The van der Waals surface area contributed by atoms with E-state index >= 15 is 0 Å². The lowest BCUT2D eigenvalue weighted by Crippen LogP contribution is -2.43. The third kappa shape index (κ3) is 2.88. The average Bonchev–Trinajstić information content (AvgIpc) is 3.24. The van der Waals surface area contributed by atoms with Crippen molar-refractivity contribution in [2.45, 2.75) is 44.7 Å². The first-order chi connectivity index (χ1) is 12.7. The monoisotopic (exact) mass is 367 g/mol. The van der Waals surface area contributed by atoms with Gasteiger partial charge in [0.05, 0.1) is 0 Å². The quantitative estimate of drug-likeness (QED) is 0.752. The third-order valence-electron chi connectivity index (χ3n) is 5.20. The van der Waals surface area contributed by atoms with Crippen LogP contribution in [0.25, 0.3) is 11.1 Å². The van der Waals surface area contributed by atoms with Gasteiger partial charge in [-0.3, -0.25) is 4.79 Å². The van der Waals surface area contributed by atoms with Gasteiger partial charge in [0.15, 0.2) is 11.5 Å². The molecule has 1 atom stereocenters. The lowest BCUT2D eigenvalue weighted by molar-refractivity contribution is -0.132. The van der Waals surface area contributed by atoms with Crippen LogP contribution in [0.15, 0.2) is 34.1 Å². The van der Waals surface area contributed by atoms with Gasteiger partial charge in [0.25, 0.3) is 0 Å². The van der Waals surface area contributed by atoms with Crippen molar-refractivity contribution >= 4 is 34.0 Å². The van der Waals surface area contributed by atoms with Gasteiger partial charge in [0, 0.05) is 29.6 Å². The Kier molecular flexibility index (Phi) is 3.74. The number of fused-ring (bicyclic) bond motifs is 2. The summed E-state index contributed by atoms with van der Waals surface area (Å²) in [5, 5.41) is 5.45. The molecule has 1 N–H and O–H groups in total. The Morgan fingerprint density at radius 2 is 2.27 bits per heavy atom. The fourth-order valence-electron chi connectivity index (χ4n) is 3.56. The SMILES string of the molecule is CC(Nc1ccc2oc(C3CC3)nc2c1)C(=O)N1CCc2sccc2C1. The first kappa shape index (κ1) is 15.9. The predicted molar refractivity (Wildman–Crippen MR) is 103 cm³/mol. The fourth-order valence-corrected chi connectivity index (χ4v) is 4.45. The van der Waals surface area contributed by atoms with Gasteiger partial charge in [-0.2, -0.15) is 0 Å². The fraction of sp³-hybridized carbons (Fsp3) is 0.400. The topological polar surface area (TPSA) is 58.4 Å². The number of carbonyl (C=O) groups excluding carboxylic acids is 1. The molecule has 1 unspecified atom stereocenters. The van der Waals surface area contributed by atoms with Crippen LogP contribution in [0.3, 0.4) is 0 Å². The molecule has 5 rings (SSSR count). The van der Waals surface area contributed by atoms with Crippen molar-refractivity contribution in [1.29, 1.82) is 0 Å². The number of anilines is 1. The van der Waals surface area contributed by atoms with Crippen molar-refractivity contribution < 1.29 is 9.21 Å². The second-order valence-electron chi connectivity index (χ2n) is 7.25. The number of rotatable bonds is 4. The van der Waals surface area contributed by atoms with Gasteiger partial charge in [0.2, 0.25) is 5.91 Å². The normalized spacial score (nSPS) is 18.0. The van der Waals surface area contributed by atoms with E-state index in [0.29, 0.717) is 5.92 Å². The Labute approximate surface area is 156 Å². The lowest BCUT2D eigenvalue weighted by Gasteiger charge is -2.30. The number of benzene rings is 1. The number of aromatic nitrogens is 1. The third-order valence-corrected chi connectivity index (χ3v) is 6.23. The second kappa shape index (κ2) is 6.13. The minimum Gasteiger partial charge on any atom is -0.440 e. The number of amides is 1. The molecule has 2 aromatic heterocycles. The minimum atomic E-state index is -0.276. The smallest absolute Gasteiger partial charge is 0.245 e. The molecule has 1 aliphatic carbocycles. The molecule has 1 fully saturated rings. The average molecular weight is 367 g/mol. The summed E-state index contributed by atoms with van der Waals surface area (Å²) >= 11 is 1.79. The number of nitrogens with zero attached hydrogens (tertiary/aromatic N) is 2. The van der Waals surface area contributed by atoms with Gasteiger partial charge in [-0.15, -0.1) is 11.3 Å². The molecular weight excluding hydrogens is 346 g/mol. The van der Waals surface area contributed by atoms with Crippen LogP contribution in [-0.2, 0) is 17.8 Å². The summed E-state index contributed by atoms with van der Waals surface area (Å²) in [5.41, 5.74) is 3.87. The molecule has 1 amide bonds. The van der Waals surface area contributed by atoms with Crippen molar-refractivity contribution in [3.8, 4) is 0 Å². The molecule has 3 heterocycles. The first-order valence-electron chi connectivity index (χ1n) is 9.18. The van der Waals surface area contributed by atoms with E-state index in [1.54, 1.807) is 11.3 Å². The number of carbonyl (C=O) groups is 1. The van der Waals surface area contributed by atoms with Crippen LogP contribution >= 0.6 is 11.3 Å². The van der Waals surface area contributed by atoms with Crippen molar-refractivity contribution in [2.24, 2.45) is 0 Å². The van der Waals surface area contributed by atoms with E-state index in [-0.39, 0.29) is 11.9 Å². The van der Waals surface area contributed by atoms with Crippen molar-refractivity contribution in [1.82, 2.24) is 9.88 Å². The maximum atomic E-state index is 12.8. The Balaban J connectivity index is 1.29. The Hall–Kier alpha value is -2.34. The highest BCUT2D eigenvalue weighted by molar-refractivity contribution is 7.10. The van der Waals surface area contributed by atoms with Gasteiger partial charge in [-0.1, -0.05) is 0 Å². The zero-order chi connectivity index (χ0) is 17.7. The number of thiophene rings is 1. The Morgan fingerprint density at radius 1 is 1.38 bits per heavy atom. The largest absolute Gasteiger partial charge is 0.440 e. The molecule has 1 aromatic carbocycles.